The quantitative estimate of drug-likeness (QED) is 0.746. The van der Waals surface area contributed by atoms with E-state index in [4.69, 9.17) is 0 Å². The molecule has 3 heteroatoms. The fraction of sp³-hybridized carbons (Fsp3) is 0.200. The van der Waals surface area contributed by atoms with Crippen LogP contribution in [-0.4, -0.2) is 0 Å². The van der Waals surface area contributed by atoms with Crippen LogP contribution in [0, 0.1) is 27.7 Å². The lowest BCUT2D eigenvalue weighted by Gasteiger charge is -2.15. The molecular weight excluding hydrogens is 286 g/mol. The van der Waals surface area contributed by atoms with Crippen molar-refractivity contribution in [2.75, 3.05) is 5.32 Å². The van der Waals surface area contributed by atoms with Gasteiger partial charge in [0, 0.05) is 5.69 Å². The Morgan fingerprint density at radius 1 is 0.696 bits per heavy atom. The fourth-order valence-electron chi connectivity index (χ4n) is 2.65. The maximum atomic E-state index is 12.0. The molecular formula is C20H19NO2. The summed E-state index contributed by atoms with van der Waals surface area (Å²) in [5.41, 5.74) is 6.23. The third-order valence-electron chi connectivity index (χ3n) is 4.48. The second-order valence-electron chi connectivity index (χ2n) is 6.13. The Balaban J connectivity index is 2.03. The van der Waals surface area contributed by atoms with E-state index in [0.717, 1.165) is 27.9 Å². The van der Waals surface area contributed by atoms with E-state index in [1.54, 1.807) is 0 Å². The highest BCUT2D eigenvalue weighted by molar-refractivity contribution is 5.85. The topological polar surface area (TPSA) is 46.2 Å². The van der Waals surface area contributed by atoms with Gasteiger partial charge in [0.1, 0.15) is 5.69 Å². The molecule has 0 atom stereocenters. The average Bonchev–Trinajstić information content (AvgIpc) is 2.53. The molecule has 3 rings (SSSR count). The first kappa shape index (κ1) is 15.2. The van der Waals surface area contributed by atoms with Crippen molar-refractivity contribution in [2.24, 2.45) is 0 Å². The zero-order valence-corrected chi connectivity index (χ0v) is 13.8. The first-order chi connectivity index (χ1) is 10.9. The van der Waals surface area contributed by atoms with Crippen LogP contribution < -0.4 is 16.2 Å². The van der Waals surface area contributed by atoms with Crippen molar-refractivity contribution < 1.29 is 0 Å². The molecule has 0 aliphatic rings. The molecule has 3 aromatic carbocycles. The van der Waals surface area contributed by atoms with Gasteiger partial charge >= 0.3 is 0 Å². The highest BCUT2D eigenvalue weighted by Gasteiger charge is 2.22. The summed E-state index contributed by atoms with van der Waals surface area (Å²) in [6.07, 6.45) is 0. The highest BCUT2D eigenvalue weighted by Crippen LogP contribution is 2.28. The van der Waals surface area contributed by atoms with E-state index < -0.39 is 10.9 Å². The third-order valence-corrected chi connectivity index (χ3v) is 4.48. The molecule has 0 fully saturated rings. The molecule has 0 saturated heterocycles. The molecule has 0 amide bonds. The van der Waals surface area contributed by atoms with Crippen molar-refractivity contribution in [1.82, 2.24) is 0 Å². The smallest absolute Gasteiger partial charge is 0.250 e. The lowest BCUT2D eigenvalue weighted by Crippen LogP contribution is -2.35. The van der Waals surface area contributed by atoms with Crippen molar-refractivity contribution in [3.8, 4) is 11.1 Å². The number of anilines is 2. The number of hydrogen-bond donors (Lipinski definition) is 1. The van der Waals surface area contributed by atoms with Crippen LogP contribution in [-0.2, 0) is 0 Å². The van der Waals surface area contributed by atoms with Gasteiger partial charge in [0.25, 0.3) is 5.43 Å². The number of nitrogens with one attached hydrogen (secondary N) is 1. The van der Waals surface area contributed by atoms with E-state index in [2.05, 4.69) is 5.32 Å². The van der Waals surface area contributed by atoms with Crippen LogP contribution in [0.25, 0.3) is 11.1 Å². The van der Waals surface area contributed by atoms with E-state index in [1.165, 1.54) is 5.56 Å². The lowest BCUT2D eigenvalue weighted by atomic mass is 9.95. The minimum atomic E-state index is -0.448. The van der Waals surface area contributed by atoms with Gasteiger partial charge in [-0.15, -0.1) is 0 Å². The lowest BCUT2D eigenvalue weighted by molar-refractivity contribution is 1.31. The van der Waals surface area contributed by atoms with Crippen LogP contribution in [0.1, 0.15) is 22.3 Å². The summed E-state index contributed by atoms with van der Waals surface area (Å²) in [5, 5.41) is 3.12. The molecule has 0 spiro atoms. The average molecular weight is 305 g/mol. The maximum Gasteiger partial charge on any atom is 0.250 e. The predicted molar refractivity (Wildman–Crippen MR) is 95.5 cm³/mol. The first-order valence-electron chi connectivity index (χ1n) is 7.63. The van der Waals surface area contributed by atoms with Crippen LogP contribution in [0.3, 0.4) is 0 Å². The summed E-state index contributed by atoms with van der Waals surface area (Å²) < 4.78 is 0. The molecule has 0 heterocycles. The summed E-state index contributed by atoms with van der Waals surface area (Å²) in [7, 11) is 0. The van der Waals surface area contributed by atoms with E-state index >= 15 is 0 Å². The van der Waals surface area contributed by atoms with Crippen LogP contribution in [0.4, 0.5) is 11.4 Å². The Labute approximate surface area is 135 Å². The molecule has 0 radical (unpaired) electrons. The van der Waals surface area contributed by atoms with Crippen LogP contribution >= 0.6 is 0 Å². The van der Waals surface area contributed by atoms with Gasteiger partial charge < -0.3 is 5.32 Å². The van der Waals surface area contributed by atoms with Gasteiger partial charge in [-0.05, 0) is 67.6 Å². The summed E-state index contributed by atoms with van der Waals surface area (Å²) >= 11 is 0. The summed E-state index contributed by atoms with van der Waals surface area (Å²) in [6, 6.07) is 11.7. The zero-order chi connectivity index (χ0) is 16.7. The second kappa shape index (κ2) is 5.51. The Morgan fingerprint density at radius 3 is 1.91 bits per heavy atom. The predicted octanol–water partition coefficient (Wildman–Crippen LogP) is 3.93. The first-order valence-corrected chi connectivity index (χ1v) is 7.63. The number of hydrogen-bond acceptors (Lipinski definition) is 3. The molecule has 0 saturated carbocycles. The van der Waals surface area contributed by atoms with Gasteiger partial charge in [0.2, 0.25) is 5.43 Å². The molecule has 116 valence electrons. The monoisotopic (exact) mass is 305 g/mol. The van der Waals surface area contributed by atoms with Gasteiger partial charge in [-0.3, -0.25) is 9.59 Å². The third kappa shape index (κ3) is 2.59. The van der Waals surface area contributed by atoms with E-state index in [9.17, 15) is 9.59 Å². The molecule has 0 aliphatic carbocycles. The Morgan fingerprint density at radius 2 is 1.30 bits per heavy atom. The maximum absolute atomic E-state index is 12.0. The van der Waals surface area contributed by atoms with Crippen LogP contribution in [0.5, 0.6) is 0 Å². The Hall–Kier alpha value is -2.68. The molecule has 23 heavy (non-hydrogen) atoms. The van der Waals surface area contributed by atoms with Gasteiger partial charge in [0.05, 0.1) is 5.56 Å². The molecule has 0 aliphatic heterocycles. The summed E-state index contributed by atoms with van der Waals surface area (Å²) in [4.78, 5) is 24.0. The van der Waals surface area contributed by atoms with Crippen molar-refractivity contribution in [3.63, 3.8) is 0 Å². The van der Waals surface area contributed by atoms with Crippen molar-refractivity contribution in [1.29, 1.82) is 0 Å². The summed E-state index contributed by atoms with van der Waals surface area (Å²) in [5.74, 6) is 0. The highest BCUT2D eigenvalue weighted by atomic mass is 16.2. The van der Waals surface area contributed by atoms with Crippen molar-refractivity contribution in [3.05, 3.63) is 79.1 Å². The number of rotatable bonds is 3. The Kier molecular flexibility index (Phi) is 3.64. The van der Waals surface area contributed by atoms with E-state index in [1.807, 2.05) is 64.1 Å². The van der Waals surface area contributed by atoms with Gasteiger partial charge in [-0.2, -0.15) is 0 Å². The fourth-order valence-corrected chi connectivity index (χ4v) is 2.65. The van der Waals surface area contributed by atoms with Gasteiger partial charge in [-0.25, -0.2) is 0 Å². The molecule has 0 aromatic heterocycles. The molecule has 0 unspecified atom stereocenters. The minimum Gasteiger partial charge on any atom is -0.352 e. The zero-order valence-electron chi connectivity index (χ0n) is 13.8. The standard InChI is InChI=1S/C20H19NO2/c1-11-5-7-15(9-13(11)3)17-18(20(23)19(17)22)21-16-8-6-12(2)14(4)10-16/h5-10,21H,1-4H3. The summed E-state index contributed by atoms with van der Waals surface area (Å²) in [6.45, 7) is 8.08. The van der Waals surface area contributed by atoms with Crippen molar-refractivity contribution in [2.45, 2.75) is 27.7 Å². The molecule has 3 nitrogen and oxygen atoms in total. The number of benzene rings is 2. The molecule has 1 N–H and O–H groups in total. The number of aryl methyl sites for hydroxylation is 4. The van der Waals surface area contributed by atoms with E-state index in [0.29, 0.717) is 11.3 Å². The SMILES string of the molecule is Cc1ccc(Nc2c(-c3ccc(C)c(C)c3)c(=O)c2=O)cc1C. The van der Waals surface area contributed by atoms with Crippen molar-refractivity contribution >= 4 is 11.4 Å². The normalized spacial score (nSPS) is 11.0. The Bertz CT molecular complexity index is 976. The largest absolute Gasteiger partial charge is 0.352 e. The van der Waals surface area contributed by atoms with Gasteiger partial charge in [0.15, 0.2) is 0 Å². The second-order valence-corrected chi connectivity index (χ2v) is 6.13. The van der Waals surface area contributed by atoms with Crippen LogP contribution in [0.2, 0.25) is 0 Å². The minimum absolute atomic E-state index is 0.390. The van der Waals surface area contributed by atoms with Crippen LogP contribution in [0.15, 0.2) is 46.0 Å². The molecule has 3 aromatic rings. The van der Waals surface area contributed by atoms with Gasteiger partial charge in [-0.1, -0.05) is 24.3 Å². The molecule has 0 bridgehead atoms. The van der Waals surface area contributed by atoms with E-state index in [-0.39, 0.29) is 0 Å².